The van der Waals surface area contributed by atoms with Crippen LogP contribution in [0.1, 0.15) is 21.7 Å². The minimum absolute atomic E-state index is 0.148. The molecule has 0 bridgehead atoms. The standard InChI is InChI=1S/C17H19ClFN5O3/c1-11-16(24(26)27)15(20-21(11)2)17(25)23-8-6-22(7-9-23)10-12-13(18)4-3-5-14(12)19/h3-5H,6-10H2,1-2H3. The monoisotopic (exact) mass is 395 g/mol. The van der Waals surface area contributed by atoms with E-state index in [0.29, 0.717) is 49.0 Å². The van der Waals surface area contributed by atoms with Crippen molar-refractivity contribution in [2.45, 2.75) is 13.5 Å². The molecular formula is C17H19ClFN5O3. The van der Waals surface area contributed by atoms with E-state index in [1.165, 1.54) is 15.6 Å². The molecule has 1 aliphatic heterocycles. The first-order valence-corrected chi connectivity index (χ1v) is 8.80. The first-order valence-electron chi connectivity index (χ1n) is 8.42. The fourth-order valence-corrected chi connectivity index (χ4v) is 3.35. The lowest BCUT2D eigenvalue weighted by Crippen LogP contribution is -2.48. The Labute approximate surface area is 160 Å². The molecule has 0 spiro atoms. The molecule has 1 aliphatic rings. The Hall–Kier alpha value is -2.52. The summed E-state index contributed by atoms with van der Waals surface area (Å²) >= 11 is 6.07. The van der Waals surface area contributed by atoms with Crippen molar-refractivity contribution in [1.82, 2.24) is 19.6 Å². The number of amides is 1. The topological polar surface area (TPSA) is 84.5 Å². The molecule has 27 heavy (non-hydrogen) atoms. The Morgan fingerprint density at radius 1 is 1.33 bits per heavy atom. The Bertz CT molecular complexity index is 873. The van der Waals surface area contributed by atoms with Gasteiger partial charge in [-0.25, -0.2) is 4.39 Å². The molecular weight excluding hydrogens is 377 g/mol. The third-order valence-corrected chi connectivity index (χ3v) is 5.14. The number of hydrogen-bond acceptors (Lipinski definition) is 5. The van der Waals surface area contributed by atoms with Crippen LogP contribution in [-0.2, 0) is 13.6 Å². The third-order valence-electron chi connectivity index (χ3n) is 4.79. The Balaban J connectivity index is 1.68. The van der Waals surface area contributed by atoms with Gasteiger partial charge in [-0.2, -0.15) is 5.10 Å². The summed E-state index contributed by atoms with van der Waals surface area (Å²) in [7, 11) is 1.56. The molecule has 1 aromatic carbocycles. The number of aromatic nitrogens is 2. The predicted octanol–water partition coefficient (Wildman–Crippen LogP) is 2.39. The lowest BCUT2D eigenvalue weighted by molar-refractivity contribution is -0.385. The lowest BCUT2D eigenvalue weighted by atomic mass is 10.1. The SMILES string of the molecule is Cc1c([N+](=O)[O-])c(C(=O)N2CCN(Cc3c(F)cccc3Cl)CC2)nn1C. The van der Waals surface area contributed by atoms with Crippen LogP contribution in [0.2, 0.25) is 5.02 Å². The molecule has 0 aliphatic carbocycles. The number of carbonyl (C=O) groups is 1. The maximum Gasteiger partial charge on any atom is 0.322 e. The summed E-state index contributed by atoms with van der Waals surface area (Å²) in [6, 6.07) is 4.56. The van der Waals surface area contributed by atoms with Gasteiger partial charge in [-0.1, -0.05) is 17.7 Å². The van der Waals surface area contributed by atoms with E-state index in [2.05, 4.69) is 5.10 Å². The average molecular weight is 396 g/mol. The van der Waals surface area contributed by atoms with Gasteiger partial charge in [0.15, 0.2) is 0 Å². The van der Waals surface area contributed by atoms with Crippen molar-refractivity contribution < 1.29 is 14.1 Å². The molecule has 144 valence electrons. The minimum Gasteiger partial charge on any atom is -0.334 e. The fraction of sp³-hybridized carbons (Fsp3) is 0.412. The van der Waals surface area contributed by atoms with Gasteiger partial charge in [0.05, 0.1) is 4.92 Å². The molecule has 2 heterocycles. The van der Waals surface area contributed by atoms with Crippen LogP contribution in [0, 0.1) is 22.9 Å². The van der Waals surface area contributed by atoms with Crippen molar-refractivity contribution in [2.75, 3.05) is 26.2 Å². The number of benzene rings is 1. The molecule has 0 saturated carbocycles. The fourth-order valence-electron chi connectivity index (χ4n) is 3.13. The number of nitrogens with zero attached hydrogens (tertiary/aromatic N) is 5. The third kappa shape index (κ3) is 3.79. The normalized spacial score (nSPS) is 15.2. The maximum atomic E-state index is 13.9. The second-order valence-corrected chi connectivity index (χ2v) is 6.84. The summed E-state index contributed by atoms with van der Waals surface area (Å²) in [6.07, 6.45) is 0. The van der Waals surface area contributed by atoms with E-state index in [-0.39, 0.29) is 17.2 Å². The van der Waals surface area contributed by atoms with Gasteiger partial charge in [0.1, 0.15) is 11.5 Å². The van der Waals surface area contributed by atoms with Crippen LogP contribution in [-0.4, -0.2) is 56.6 Å². The number of hydrogen-bond donors (Lipinski definition) is 0. The molecule has 0 N–H and O–H groups in total. The second-order valence-electron chi connectivity index (χ2n) is 6.43. The van der Waals surface area contributed by atoms with Crippen LogP contribution >= 0.6 is 11.6 Å². The van der Waals surface area contributed by atoms with Gasteiger partial charge in [-0.15, -0.1) is 0 Å². The van der Waals surface area contributed by atoms with Crippen molar-refractivity contribution in [3.05, 3.63) is 56.1 Å². The van der Waals surface area contributed by atoms with E-state index in [1.807, 2.05) is 4.90 Å². The molecule has 0 radical (unpaired) electrons. The number of carbonyl (C=O) groups excluding carboxylic acids is 1. The summed E-state index contributed by atoms with van der Waals surface area (Å²) in [6.45, 7) is 3.66. The highest BCUT2D eigenvalue weighted by atomic mass is 35.5. The van der Waals surface area contributed by atoms with E-state index in [9.17, 15) is 19.3 Å². The largest absolute Gasteiger partial charge is 0.334 e. The smallest absolute Gasteiger partial charge is 0.322 e. The number of piperazine rings is 1. The zero-order valence-electron chi connectivity index (χ0n) is 15.0. The highest BCUT2D eigenvalue weighted by Gasteiger charge is 2.33. The van der Waals surface area contributed by atoms with Crippen molar-refractivity contribution in [2.24, 2.45) is 7.05 Å². The minimum atomic E-state index is -0.577. The Kier molecular flexibility index (Phi) is 5.43. The molecule has 1 aromatic heterocycles. The lowest BCUT2D eigenvalue weighted by Gasteiger charge is -2.34. The highest BCUT2D eigenvalue weighted by Crippen LogP contribution is 2.25. The number of halogens is 2. The summed E-state index contributed by atoms with van der Waals surface area (Å²) in [5.74, 6) is -0.824. The van der Waals surface area contributed by atoms with Gasteiger partial charge >= 0.3 is 5.69 Å². The van der Waals surface area contributed by atoms with Crippen LogP contribution in [0.5, 0.6) is 0 Å². The van der Waals surface area contributed by atoms with Gasteiger partial charge in [-0.3, -0.25) is 24.5 Å². The van der Waals surface area contributed by atoms with Gasteiger partial charge in [-0.05, 0) is 19.1 Å². The van der Waals surface area contributed by atoms with Crippen molar-refractivity contribution >= 4 is 23.2 Å². The number of rotatable bonds is 4. The van der Waals surface area contributed by atoms with Crippen molar-refractivity contribution in [1.29, 1.82) is 0 Å². The summed E-state index contributed by atoms with van der Waals surface area (Å²) in [5.41, 5.74) is 0.347. The first kappa shape index (κ1) is 19.2. The highest BCUT2D eigenvalue weighted by molar-refractivity contribution is 6.31. The van der Waals surface area contributed by atoms with Crippen LogP contribution in [0.15, 0.2) is 18.2 Å². The zero-order valence-corrected chi connectivity index (χ0v) is 15.7. The molecule has 2 aromatic rings. The zero-order chi connectivity index (χ0) is 19.7. The van der Waals surface area contributed by atoms with Gasteiger partial charge < -0.3 is 4.90 Å². The number of aryl methyl sites for hydroxylation is 1. The molecule has 8 nitrogen and oxygen atoms in total. The molecule has 1 amide bonds. The van der Waals surface area contributed by atoms with E-state index in [0.717, 1.165) is 0 Å². The van der Waals surface area contributed by atoms with Gasteiger partial charge in [0, 0.05) is 50.4 Å². The Morgan fingerprint density at radius 2 is 2.00 bits per heavy atom. The molecule has 1 fully saturated rings. The van der Waals surface area contributed by atoms with Gasteiger partial charge in [0.25, 0.3) is 5.91 Å². The summed E-state index contributed by atoms with van der Waals surface area (Å²) in [4.78, 5) is 26.9. The van der Waals surface area contributed by atoms with Crippen LogP contribution in [0.3, 0.4) is 0 Å². The molecule has 0 atom stereocenters. The maximum absolute atomic E-state index is 13.9. The number of nitro groups is 1. The predicted molar refractivity (Wildman–Crippen MR) is 97.2 cm³/mol. The van der Waals surface area contributed by atoms with E-state index >= 15 is 0 Å². The van der Waals surface area contributed by atoms with Crippen LogP contribution in [0.25, 0.3) is 0 Å². The summed E-state index contributed by atoms with van der Waals surface area (Å²) < 4.78 is 15.3. The average Bonchev–Trinajstić information content (AvgIpc) is 2.93. The molecule has 3 rings (SSSR count). The van der Waals surface area contributed by atoms with Crippen molar-refractivity contribution in [3.8, 4) is 0 Å². The quantitative estimate of drug-likeness (QED) is 0.586. The molecule has 0 unspecified atom stereocenters. The molecule has 10 heteroatoms. The first-order chi connectivity index (χ1) is 12.8. The van der Waals surface area contributed by atoms with Gasteiger partial charge in [0.2, 0.25) is 5.69 Å². The van der Waals surface area contributed by atoms with E-state index in [4.69, 9.17) is 11.6 Å². The Morgan fingerprint density at radius 3 is 2.59 bits per heavy atom. The van der Waals surface area contributed by atoms with E-state index < -0.39 is 10.8 Å². The van der Waals surface area contributed by atoms with E-state index in [1.54, 1.807) is 26.1 Å². The van der Waals surface area contributed by atoms with Crippen LogP contribution in [0.4, 0.5) is 10.1 Å². The van der Waals surface area contributed by atoms with Crippen molar-refractivity contribution in [3.63, 3.8) is 0 Å². The second kappa shape index (κ2) is 7.61. The summed E-state index contributed by atoms with van der Waals surface area (Å²) in [5, 5.41) is 15.7. The molecule has 1 saturated heterocycles. The van der Waals surface area contributed by atoms with Crippen LogP contribution < -0.4 is 0 Å².